The van der Waals surface area contributed by atoms with Gasteiger partial charge in [0.1, 0.15) is 11.6 Å². The van der Waals surface area contributed by atoms with Crippen molar-refractivity contribution < 1.29 is 13.9 Å². The smallest absolute Gasteiger partial charge is 0.220 e. The molecular formula is C17H19FN2O2. The molecular weight excluding hydrogens is 283 g/mol. The number of hydrogen-bond donors (Lipinski definition) is 1. The van der Waals surface area contributed by atoms with E-state index in [2.05, 4.69) is 10.3 Å². The van der Waals surface area contributed by atoms with Gasteiger partial charge in [0.2, 0.25) is 5.91 Å². The minimum atomic E-state index is -0.292. The molecule has 5 heteroatoms. The number of carbonyl (C=O) groups excluding carboxylic acids is 1. The summed E-state index contributed by atoms with van der Waals surface area (Å²) in [5.41, 5.74) is 0.961. The second-order valence-electron chi connectivity index (χ2n) is 4.83. The van der Waals surface area contributed by atoms with Crippen LogP contribution in [0.3, 0.4) is 0 Å². The molecule has 1 amide bonds. The first-order valence-corrected chi connectivity index (χ1v) is 7.29. The standard InChI is InChI=1S/C17H19FN2O2/c18-14-6-8-16(9-7-14)22-13-3-5-17(21)20-12-10-15-4-1-2-11-19-15/h1-2,4,6-9,11H,3,5,10,12-13H2,(H,20,21). The summed E-state index contributed by atoms with van der Waals surface area (Å²) in [6.45, 7) is 1.01. The lowest BCUT2D eigenvalue weighted by atomic mass is 10.2. The van der Waals surface area contributed by atoms with Gasteiger partial charge in [-0.1, -0.05) is 6.07 Å². The molecule has 4 nitrogen and oxygen atoms in total. The van der Waals surface area contributed by atoms with E-state index in [1.165, 1.54) is 12.1 Å². The zero-order valence-corrected chi connectivity index (χ0v) is 12.3. The first-order chi connectivity index (χ1) is 10.7. The lowest BCUT2D eigenvalue weighted by molar-refractivity contribution is -0.121. The topological polar surface area (TPSA) is 51.2 Å². The number of nitrogens with one attached hydrogen (secondary N) is 1. The van der Waals surface area contributed by atoms with Gasteiger partial charge in [0.25, 0.3) is 0 Å². The molecule has 0 atom stereocenters. The van der Waals surface area contributed by atoms with Gasteiger partial charge in [-0.3, -0.25) is 9.78 Å². The van der Waals surface area contributed by atoms with Crippen molar-refractivity contribution in [3.05, 3.63) is 60.2 Å². The number of benzene rings is 1. The fourth-order valence-electron chi connectivity index (χ4n) is 1.92. The highest BCUT2D eigenvalue weighted by Gasteiger charge is 2.02. The Hall–Kier alpha value is -2.43. The molecule has 2 rings (SSSR count). The molecule has 0 bridgehead atoms. The number of rotatable bonds is 8. The third-order valence-electron chi connectivity index (χ3n) is 3.06. The minimum absolute atomic E-state index is 0.00126. The number of aromatic nitrogens is 1. The summed E-state index contributed by atoms with van der Waals surface area (Å²) in [6.07, 6.45) is 3.48. The highest BCUT2D eigenvalue weighted by atomic mass is 19.1. The molecule has 0 radical (unpaired) electrons. The minimum Gasteiger partial charge on any atom is -0.494 e. The second kappa shape index (κ2) is 8.77. The number of nitrogens with zero attached hydrogens (tertiary/aromatic N) is 1. The molecule has 0 spiro atoms. The lowest BCUT2D eigenvalue weighted by Crippen LogP contribution is -2.26. The third-order valence-corrected chi connectivity index (χ3v) is 3.06. The maximum atomic E-state index is 12.7. The Morgan fingerprint density at radius 1 is 1.18 bits per heavy atom. The van der Waals surface area contributed by atoms with E-state index in [4.69, 9.17) is 4.74 Å². The molecule has 0 fully saturated rings. The van der Waals surface area contributed by atoms with Crippen LogP contribution in [0.25, 0.3) is 0 Å². The molecule has 116 valence electrons. The number of ether oxygens (including phenoxy) is 1. The van der Waals surface area contributed by atoms with Crippen LogP contribution in [-0.4, -0.2) is 24.0 Å². The zero-order chi connectivity index (χ0) is 15.6. The summed E-state index contributed by atoms with van der Waals surface area (Å²) in [5.74, 6) is 0.315. The Balaban J connectivity index is 1.55. The molecule has 0 saturated carbocycles. The normalized spacial score (nSPS) is 10.2. The van der Waals surface area contributed by atoms with Crippen LogP contribution >= 0.6 is 0 Å². The molecule has 1 N–H and O–H groups in total. The average molecular weight is 302 g/mol. The van der Waals surface area contributed by atoms with Crippen LogP contribution in [0.15, 0.2) is 48.7 Å². The Morgan fingerprint density at radius 2 is 2.00 bits per heavy atom. The van der Waals surface area contributed by atoms with Gasteiger partial charge in [0, 0.05) is 31.3 Å². The van der Waals surface area contributed by atoms with Gasteiger partial charge >= 0.3 is 0 Å². The summed E-state index contributed by atoms with van der Waals surface area (Å²) < 4.78 is 18.1. The van der Waals surface area contributed by atoms with Gasteiger partial charge in [0.15, 0.2) is 0 Å². The maximum absolute atomic E-state index is 12.7. The lowest BCUT2D eigenvalue weighted by Gasteiger charge is -2.07. The molecule has 0 aliphatic carbocycles. The molecule has 0 aliphatic rings. The van der Waals surface area contributed by atoms with Gasteiger partial charge in [-0.15, -0.1) is 0 Å². The second-order valence-corrected chi connectivity index (χ2v) is 4.83. The van der Waals surface area contributed by atoms with E-state index in [9.17, 15) is 9.18 Å². The van der Waals surface area contributed by atoms with Crippen molar-refractivity contribution in [3.8, 4) is 5.75 Å². The van der Waals surface area contributed by atoms with Crippen LogP contribution in [0.5, 0.6) is 5.75 Å². The predicted octanol–water partition coefficient (Wildman–Crippen LogP) is 2.74. The van der Waals surface area contributed by atoms with E-state index < -0.39 is 0 Å². The highest BCUT2D eigenvalue weighted by Crippen LogP contribution is 2.11. The average Bonchev–Trinajstić information content (AvgIpc) is 2.54. The molecule has 1 aromatic heterocycles. The van der Waals surface area contributed by atoms with Gasteiger partial charge in [0.05, 0.1) is 6.61 Å². The van der Waals surface area contributed by atoms with Crippen LogP contribution in [0.4, 0.5) is 4.39 Å². The first-order valence-electron chi connectivity index (χ1n) is 7.29. The Morgan fingerprint density at radius 3 is 2.73 bits per heavy atom. The van der Waals surface area contributed by atoms with Gasteiger partial charge in [-0.2, -0.15) is 0 Å². The van der Waals surface area contributed by atoms with Crippen LogP contribution in [0, 0.1) is 5.82 Å². The monoisotopic (exact) mass is 302 g/mol. The highest BCUT2D eigenvalue weighted by molar-refractivity contribution is 5.75. The summed E-state index contributed by atoms with van der Waals surface area (Å²) in [7, 11) is 0. The molecule has 1 heterocycles. The SMILES string of the molecule is O=C(CCCOc1ccc(F)cc1)NCCc1ccccn1. The van der Waals surface area contributed by atoms with E-state index in [-0.39, 0.29) is 11.7 Å². The van der Waals surface area contributed by atoms with Crippen molar-refractivity contribution in [2.75, 3.05) is 13.2 Å². The first kappa shape index (κ1) is 15.9. The van der Waals surface area contributed by atoms with Crippen LogP contribution in [0.1, 0.15) is 18.5 Å². The van der Waals surface area contributed by atoms with Crippen molar-refractivity contribution in [2.45, 2.75) is 19.3 Å². The van der Waals surface area contributed by atoms with Crippen LogP contribution < -0.4 is 10.1 Å². The van der Waals surface area contributed by atoms with Crippen LogP contribution in [-0.2, 0) is 11.2 Å². The third kappa shape index (κ3) is 5.91. The van der Waals surface area contributed by atoms with Crippen LogP contribution in [0.2, 0.25) is 0 Å². The van der Waals surface area contributed by atoms with Crippen molar-refractivity contribution in [1.82, 2.24) is 10.3 Å². The number of hydrogen-bond acceptors (Lipinski definition) is 3. The van der Waals surface area contributed by atoms with Crippen molar-refractivity contribution in [2.24, 2.45) is 0 Å². The van der Waals surface area contributed by atoms with E-state index in [0.717, 1.165) is 12.1 Å². The molecule has 1 aromatic carbocycles. The van der Waals surface area contributed by atoms with Crippen molar-refractivity contribution in [3.63, 3.8) is 0 Å². The summed E-state index contributed by atoms with van der Waals surface area (Å²) in [5, 5.41) is 2.85. The van der Waals surface area contributed by atoms with E-state index in [0.29, 0.717) is 31.7 Å². The number of carbonyl (C=O) groups is 1. The Kier molecular flexibility index (Phi) is 6.36. The Bertz CT molecular complexity index is 573. The number of halogens is 1. The molecule has 0 saturated heterocycles. The largest absolute Gasteiger partial charge is 0.494 e. The van der Waals surface area contributed by atoms with E-state index in [1.807, 2.05) is 18.2 Å². The van der Waals surface area contributed by atoms with E-state index in [1.54, 1.807) is 18.3 Å². The zero-order valence-electron chi connectivity index (χ0n) is 12.3. The van der Waals surface area contributed by atoms with Gasteiger partial charge in [-0.05, 0) is 42.8 Å². The molecule has 2 aromatic rings. The summed E-state index contributed by atoms with van der Waals surface area (Å²) in [6, 6.07) is 11.6. The fourth-order valence-corrected chi connectivity index (χ4v) is 1.92. The quantitative estimate of drug-likeness (QED) is 0.763. The molecule has 0 unspecified atom stereocenters. The van der Waals surface area contributed by atoms with Crippen molar-refractivity contribution >= 4 is 5.91 Å². The number of pyridine rings is 1. The maximum Gasteiger partial charge on any atom is 0.220 e. The van der Waals surface area contributed by atoms with E-state index >= 15 is 0 Å². The fraction of sp³-hybridized carbons (Fsp3) is 0.294. The molecule has 22 heavy (non-hydrogen) atoms. The van der Waals surface area contributed by atoms with Crippen molar-refractivity contribution in [1.29, 1.82) is 0 Å². The van der Waals surface area contributed by atoms with Gasteiger partial charge in [-0.25, -0.2) is 4.39 Å². The summed E-state index contributed by atoms with van der Waals surface area (Å²) in [4.78, 5) is 15.8. The van der Waals surface area contributed by atoms with Gasteiger partial charge < -0.3 is 10.1 Å². The summed E-state index contributed by atoms with van der Waals surface area (Å²) >= 11 is 0. The predicted molar refractivity (Wildman–Crippen MR) is 82.1 cm³/mol. The number of amides is 1. The molecule has 0 aliphatic heterocycles. The Labute approximate surface area is 129 Å².